The molecule has 1 aliphatic rings. The van der Waals surface area contributed by atoms with Gasteiger partial charge in [-0.1, -0.05) is 6.07 Å². The molecule has 0 fully saturated rings. The van der Waals surface area contributed by atoms with Crippen molar-refractivity contribution in [2.24, 2.45) is 0 Å². The zero-order valence-electron chi connectivity index (χ0n) is 9.40. The molecule has 0 spiro atoms. The van der Waals surface area contributed by atoms with Gasteiger partial charge in [0.25, 0.3) is 0 Å². The normalized spacial score (nSPS) is 18.2. The number of rotatable bonds is 3. The van der Waals surface area contributed by atoms with Gasteiger partial charge in [0.2, 0.25) is 5.91 Å². The summed E-state index contributed by atoms with van der Waals surface area (Å²) < 4.78 is 5.22. The fraction of sp³-hybridized carbons (Fsp3) is 0.333. The topological polar surface area (TPSA) is 75.6 Å². The first-order valence-electron chi connectivity index (χ1n) is 5.30. The average molecular weight is 235 g/mol. The Hall–Kier alpha value is -2.04. The standard InChI is InChI=1S/C12H13NO4/c1-17-9-4-2-3-8-12(9)7(6-11(15)16)5-10(14)13-8/h2-4,7H,5-6H2,1H3,(H,13,14)(H,15,16). The Morgan fingerprint density at radius 1 is 1.59 bits per heavy atom. The number of carboxylic acid groups (broad SMARTS) is 1. The van der Waals surface area contributed by atoms with Crippen LogP contribution < -0.4 is 10.1 Å². The minimum atomic E-state index is -0.915. The van der Waals surface area contributed by atoms with Crippen molar-refractivity contribution >= 4 is 17.6 Å². The van der Waals surface area contributed by atoms with Gasteiger partial charge in [-0.25, -0.2) is 0 Å². The summed E-state index contributed by atoms with van der Waals surface area (Å²) in [4.78, 5) is 22.3. The van der Waals surface area contributed by atoms with Crippen molar-refractivity contribution in [2.45, 2.75) is 18.8 Å². The van der Waals surface area contributed by atoms with E-state index < -0.39 is 5.97 Å². The van der Waals surface area contributed by atoms with Gasteiger partial charge in [-0.05, 0) is 12.1 Å². The number of nitrogens with one attached hydrogen (secondary N) is 1. The van der Waals surface area contributed by atoms with Gasteiger partial charge < -0.3 is 15.2 Å². The molecule has 90 valence electrons. The molecule has 1 unspecified atom stereocenters. The molecule has 1 amide bonds. The number of aliphatic carboxylic acids is 1. The predicted molar refractivity (Wildman–Crippen MR) is 61.2 cm³/mol. The molecule has 0 saturated heterocycles. The Morgan fingerprint density at radius 3 is 3.00 bits per heavy atom. The highest BCUT2D eigenvalue weighted by atomic mass is 16.5. The van der Waals surface area contributed by atoms with Crippen LogP contribution in [0, 0.1) is 0 Å². The Bertz CT molecular complexity index is 470. The van der Waals surface area contributed by atoms with Gasteiger partial charge >= 0.3 is 5.97 Å². The van der Waals surface area contributed by atoms with Gasteiger partial charge in [-0.3, -0.25) is 9.59 Å². The highest BCUT2D eigenvalue weighted by Crippen LogP contribution is 2.40. The number of amides is 1. The van der Waals surface area contributed by atoms with Crippen LogP contribution in [0.5, 0.6) is 5.75 Å². The highest BCUT2D eigenvalue weighted by Gasteiger charge is 2.29. The maximum absolute atomic E-state index is 11.5. The summed E-state index contributed by atoms with van der Waals surface area (Å²) in [6.07, 6.45) is 0.112. The van der Waals surface area contributed by atoms with E-state index in [4.69, 9.17) is 9.84 Å². The summed E-state index contributed by atoms with van der Waals surface area (Å²) in [7, 11) is 1.53. The molecule has 0 saturated carbocycles. The number of fused-ring (bicyclic) bond motifs is 1. The number of methoxy groups -OCH3 is 1. The zero-order valence-corrected chi connectivity index (χ0v) is 9.40. The van der Waals surface area contributed by atoms with E-state index >= 15 is 0 Å². The number of carboxylic acids is 1. The SMILES string of the molecule is COc1cccc2c1C(CC(=O)O)CC(=O)N2. The van der Waals surface area contributed by atoms with Crippen molar-refractivity contribution in [3.63, 3.8) is 0 Å². The van der Waals surface area contributed by atoms with Crippen molar-refractivity contribution in [1.29, 1.82) is 0 Å². The van der Waals surface area contributed by atoms with E-state index in [1.165, 1.54) is 7.11 Å². The van der Waals surface area contributed by atoms with Crippen molar-refractivity contribution in [1.82, 2.24) is 0 Å². The highest BCUT2D eigenvalue weighted by molar-refractivity contribution is 5.96. The molecule has 1 atom stereocenters. The Labute approximate surface area is 98.4 Å². The van der Waals surface area contributed by atoms with Crippen LogP contribution in [0.1, 0.15) is 24.3 Å². The zero-order chi connectivity index (χ0) is 12.4. The number of hydrogen-bond donors (Lipinski definition) is 2. The number of ether oxygens (including phenoxy) is 1. The van der Waals surface area contributed by atoms with Crippen LogP contribution in [0.4, 0.5) is 5.69 Å². The number of carbonyl (C=O) groups is 2. The van der Waals surface area contributed by atoms with Gasteiger partial charge in [0.1, 0.15) is 5.75 Å². The Morgan fingerprint density at radius 2 is 2.35 bits per heavy atom. The quantitative estimate of drug-likeness (QED) is 0.834. The number of hydrogen-bond acceptors (Lipinski definition) is 3. The molecule has 17 heavy (non-hydrogen) atoms. The molecule has 5 nitrogen and oxygen atoms in total. The van der Waals surface area contributed by atoms with E-state index in [-0.39, 0.29) is 24.7 Å². The fourth-order valence-corrected chi connectivity index (χ4v) is 2.16. The number of anilines is 1. The van der Waals surface area contributed by atoms with Gasteiger partial charge in [0, 0.05) is 23.6 Å². The van der Waals surface area contributed by atoms with Crippen LogP contribution in [0.25, 0.3) is 0 Å². The molecule has 0 aliphatic carbocycles. The van der Waals surface area contributed by atoms with Crippen LogP contribution in [-0.4, -0.2) is 24.1 Å². The second kappa shape index (κ2) is 4.45. The minimum absolute atomic E-state index is 0.0687. The van der Waals surface area contributed by atoms with Crippen molar-refractivity contribution in [3.05, 3.63) is 23.8 Å². The van der Waals surface area contributed by atoms with E-state index in [2.05, 4.69) is 5.32 Å². The third kappa shape index (κ3) is 2.22. The predicted octanol–water partition coefficient (Wildman–Crippen LogP) is 1.60. The van der Waals surface area contributed by atoms with E-state index in [1.807, 2.05) is 0 Å². The van der Waals surface area contributed by atoms with Gasteiger partial charge in [0.15, 0.2) is 0 Å². The molecule has 0 aromatic heterocycles. The molecule has 1 aliphatic heterocycles. The first kappa shape index (κ1) is 11.4. The van der Waals surface area contributed by atoms with E-state index in [0.29, 0.717) is 11.4 Å². The molecular formula is C12H13NO4. The molecule has 1 aromatic carbocycles. The monoisotopic (exact) mass is 235 g/mol. The summed E-state index contributed by atoms with van der Waals surface area (Å²) in [5.41, 5.74) is 1.42. The lowest BCUT2D eigenvalue weighted by Crippen LogP contribution is -2.24. The Kier molecular flexibility index (Phi) is 2.99. The van der Waals surface area contributed by atoms with E-state index in [0.717, 1.165) is 5.56 Å². The number of benzene rings is 1. The van der Waals surface area contributed by atoms with Gasteiger partial charge in [-0.15, -0.1) is 0 Å². The molecule has 5 heteroatoms. The molecule has 2 rings (SSSR count). The van der Waals surface area contributed by atoms with Crippen molar-refractivity contribution in [2.75, 3.05) is 12.4 Å². The maximum atomic E-state index is 11.5. The van der Waals surface area contributed by atoms with Gasteiger partial charge in [0.05, 0.1) is 13.5 Å². The maximum Gasteiger partial charge on any atom is 0.303 e. The first-order valence-corrected chi connectivity index (χ1v) is 5.30. The van der Waals surface area contributed by atoms with Crippen LogP contribution in [0.2, 0.25) is 0 Å². The summed E-state index contributed by atoms with van der Waals surface area (Å²) in [6, 6.07) is 5.29. The second-order valence-electron chi connectivity index (χ2n) is 3.97. The first-order chi connectivity index (χ1) is 8.11. The molecular weight excluding hydrogens is 222 g/mol. The van der Waals surface area contributed by atoms with Crippen LogP contribution in [0.15, 0.2) is 18.2 Å². The second-order valence-corrected chi connectivity index (χ2v) is 3.97. The van der Waals surface area contributed by atoms with E-state index in [9.17, 15) is 9.59 Å². The van der Waals surface area contributed by atoms with Crippen molar-refractivity contribution in [3.8, 4) is 5.75 Å². The largest absolute Gasteiger partial charge is 0.496 e. The summed E-state index contributed by atoms with van der Waals surface area (Å²) in [6.45, 7) is 0. The molecule has 0 radical (unpaired) electrons. The number of carbonyl (C=O) groups excluding carboxylic acids is 1. The van der Waals surface area contributed by atoms with Crippen LogP contribution in [0.3, 0.4) is 0 Å². The van der Waals surface area contributed by atoms with Crippen LogP contribution in [-0.2, 0) is 9.59 Å². The molecule has 0 bridgehead atoms. The third-order valence-electron chi connectivity index (χ3n) is 2.82. The van der Waals surface area contributed by atoms with Crippen LogP contribution >= 0.6 is 0 Å². The van der Waals surface area contributed by atoms with Gasteiger partial charge in [-0.2, -0.15) is 0 Å². The smallest absolute Gasteiger partial charge is 0.303 e. The molecule has 2 N–H and O–H groups in total. The third-order valence-corrected chi connectivity index (χ3v) is 2.82. The summed E-state index contributed by atoms with van der Waals surface area (Å²) in [5, 5.41) is 11.6. The van der Waals surface area contributed by atoms with Crippen molar-refractivity contribution < 1.29 is 19.4 Å². The summed E-state index contributed by atoms with van der Waals surface area (Å²) >= 11 is 0. The summed E-state index contributed by atoms with van der Waals surface area (Å²) in [5.74, 6) is -0.778. The fourth-order valence-electron chi connectivity index (χ4n) is 2.16. The average Bonchev–Trinajstić information content (AvgIpc) is 2.26. The molecule has 1 aromatic rings. The lowest BCUT2D eigenvalue weighted by molar-refractivity contribution is -0.137. The molecule has 1 heterocycles. The minimum Gasteiger partial charge on any atom is -0.496 e. The lowest BCUT2D eigenvalue weighted by Gasteiger charge is -2.26. The van der Waals surface area contributed by atoms with E-state index in [1.54, 1.807) is 18.2 Å². The Balaban J connectivity index is 2.45. The lowest BCUT2D eigenvalue weighted by atomic mass is 9.87.